The largest absolute Gasteiger partial charge is 0.495 e. The fourth-order valence-electron chi connectivity index (χ4n) is 4.15. The van der Waals surface area contributed by atoms with Gasteiger partial charge in [0.25, 0.3) is 5.91 Å². The molecule has 1 amide bonds. The van der Waals surface area contributed by atoms with Gasteiger partial charge in [-0.1, -0.05) is 24.8 Å². The Morgan fingerprint density at radius 2 is 2.00 bits per heavy atom. The number of benzene rings is 2. The Labute approximate surface area is 204 Å². The summed E-state index contributed by atoms with van der Waals surface area (Å²) >= 11 is 0. The minimum atomic E-state index is -0.255. The Bertz CT molecular complexity index is 1310. The number of nitrogens with one attached hydrogen (secondary N) is 2. The van der Waals surface area contributed by atoms with Crippen molar-refractivity contribution in [1.29, 1.82) is 5.26 Å². The fraction of sp³-hybridized carbons (Fsp3) is 0.308. The lowest BCUT2D eigenvalue weighted by Crippen LogP contribution is -2.43. The van der Waals surface area contributed by atoms with Crippen LogP contribution in [0.3, 0.4) is 0 Å². The van der Waals surface area contributed by atoms with Gasteiger partial charge in [0.15, 0.2) is 5.82 Å². The second-order valence-electron chi connectivity index (χ2n) is 8.70. The van der Waals surface area contributed by atoms with Gasteiger partial charge in [-0.05, 0) is 50.5 Å². The Kier molecular flexibility index (Phi) is 7.13. The molecule has 180 valence electrons. The maximum atomic E-state index is 12.9. The topological polar surface area (TPSA) is 129 Å². The lowest BCUT2D eigenvalue weighted by molar-refractivity contribution is 0.0912. The van der Waals surface area contributed by atoms with Gasteiger partial charge in [-0.3, -0.25) is 4.79 Å². The van der Waals surface area contributed by atoms with Gasteiger partial charge in [0.2, 0.25) is 0 Å². The van der Waals surface area contributed by atoms with Crippen molar-refractivity contribution in [3.63, 3.8) is 0 Å². The van der Waals surface area contributed by atoms with Crippen molar-refractivity contribution in [2.24, 2.45) is 0 Å². The number of methoxy groups -OCH3 is 1. The molecule has 1 fully saturated rings. The molecule has 9 nitrogen and oxygen atoms in total. The van der Waals surface area contributed by atoms with Gasteiger partial charge in [0, 0.05) is 35.2 Å². The Balaban J connectivity index is 1.67. The van der Waals surface area contributed by atoms with E-state index in [0.29, 0.717) is 22.7 Å². The lowest BCUT2D eigenvalue weighted by atomic mass is 10.0. The number of anilines is 2. The number of rotatable bonds is 7. The molecule has 1 aromatic heterocycles. The summed E-state index contributed by atoms with van der Waals surface area (Å²) < 4.78 is 5.53. The number of carbonyl (C=O) groups is 1. The molecule has 3 aromatic rings. The van der Waals surface area contributed by atoms with E-state index in [2.05, 4.69) is 39.1 Å². The monoisotopic (exact) mass is 471 g/mol. The molecule has 4 N–H and O–H groups in total. The van der Waals surface area contributed by atoms with E-state index in [1.165, 1.54) is 6.07 Å². The molecule has 2 heterocycles. The molecule has 0 saturated carbocycles. The summed E-state index contributed by atoms with van der Waals surface area (Å²) in [4.78, 5) is 24.1. The van der Waals surface area contributed by atoms with Crippen LogP contribution in [0.1, 0.15) is 23.3 Å². The molecule has 0 aliphatic carbocycles. The normalized spacial score (nSPS) is 14.3. The number of nitrogens with zero attached hydrogens (tertiary/aromatic N) is 4. The second kappa shape index (κ2) is 10.4. The van der Waals surface area contributed by atoms with Crippen LogP contribution in [-0.2, 0) is 0 Å². The van der Waals surface area contributed by atoms with Crippen LogP contribution in [-0.4, -0.2) is 60.6 Å². The number of aromatic nitrogens is 2. The van der Waals surface area contributed by atoms with E-state index in [1.807, 2.05) is 36.4 Å². The van der Waals surface area contributed by atoms with Crippen molar-refractivity contribution in [3.05, 3.63) is 54.2 Å². The molecule has 1 aliphatic heterocycles. The first kappa shape index (κ1) is 24.0. The van der Waals surface area contributed by atoms with Crippen LogP contribution >= 0.6 is 0 Å². The molecular formula is C26H29N7O2. The summed E-state index contributed by atoms with van der Waals surface area (Å²) in [5, 5.41) is 17.2. The molecule has 1 aliphatic rings. The third-order valence-corrected chi connectivity index (χ3v) is 6.13. The van der Waals surface area contributed by atoms with Crippen molar-refractivity contribution >= 4 is 28.2 Å². The molecule has 0 bridgehead atoms. The van der Waals surface area contributed by atoms with E-state index in [9.17, 15) is 4.79 Å². The van der Waals surface area contributed by atoms with Crippen LogP contribution in [0, 0.1) is 11.3 Å². The summed E-state index contributed by atoms with van der Waals surface area (Å²) in [5.41, 5.74) is 8.13. The summed E-state index contributed by atoms with van der Waals surface area (Å²) in [6.07, 6.45) is 1.80. The van der Waals surface area contributed by atoms with Gasteiger partial charge >= 0.3 is 0 Å². The molecule has 9 heteroatoms. The van der Waals surface area contributed by atoms with Gasteiger partial charge in [-0.15, -0.1) is 0 Å². The van der Waals surface area contributed by atoms with Crippen molar-refractivity contribution in [1.82, 2.24) is 20.2 Å². The molecule has 0 radical (unpaired) electrons. The van der Waals surface area contributed by atoms with Crippen molar-refractivity contribution in [3.8, 4) is 23.2 Å². The molecule has 0 spiro atoms. The van der Waals surface area contributed by atoms with E-state index >= 15 is 0 Å². The molecule has 0 atom stereocenters. The lowest BCUT2D eigenvalue weighted by Gasteiger charge is -2.29. The number of hydrogen-bond acceptors (Lipinski definition) is 8. The Morgan fingerprint density at radius 1 is 1.26 bits per heavy atom. The number of piperidine rings is 1. The highest BCUT2D eigenvalue weighted by Crippen LogP contribution is 2.35. The zero-order valence-electron chi connectivity index (χ0n) is 20.0. The summed E-state index contributed by atoms with van der Waals surface area (Å²) in [7, 11) is 3.67. The van der Waals surface area contributed by atoms with Gasteiger partial charge in [-0.2, -0.15) is 5.26 Å². The van der Waals surface area contributed by atoms with Crippen molar-refractivity contribution in [2.45, 2.75) is 18.9 Å². The van der Waals surface area contributed by atoms with Crippen LogP contribution in [0.4, 0.5) is 11.5 Å². The average Bonchev–Trinajstić information content (AvgIpc) is 2.87. The molecular weight excluding hydrogens is 442 g/mol. The smallest absolute Gasteiger partial charge is 0.270 e. The predicted octanol–water partition coefficient (Wildman–Crippen LogP) is 3.20. The van der Waals surface area contributed by atoms with E-state index in [-0.39, 0.29) is 30.0 Å². The summed E-state index contributed by atoms with van der Waals surface area (Å²) in [5.74, 6) is 0.954. The zero-order chi connectivity index (χ0) is 24.9. The summed E-state index contributed by atoms with van der Waals surface area (Å²) in [6, 6.07) is 13.2. The second-order valence-corrected chi connectivity index (χ2v) is 8.70. The molecule has 1 saturated heterocycles. The van der Waals surface area contributed by atoms with E-state index in [0.717, 1.165) is 42.4 Å². The minimum absolute atomic E-state index is 0.114. The van der Waals surface area contributed by atoms with Crippen molar-refractivity contribution in [2.75, 3.05) is 44.8 Å². The SMILES string of the molecule is C=C(C#N)CNc1c(OC)ccc2ccc(-c3nc(N)cc(C(=O)NC4CCN(C)CC4)n3)cc12. The maximum absolute atomic E-state index is 12.9. The number of nitrogens with two attached hydrogens (primary N) is 1. The van der Waals surface area contributed by atoms with E-state index in [1.54, 1.807) is 7.11 Å². The van der Waals surface area contributed by atoms with Crippen molar-refractivity contribution < 1.29 is 9.53 Å². The highest BCUT2D eigenvalue weighted by Gasteiger charge is 2.21. The van der Waals surface area contributed by atoms with Gasteiger partial charge < -0.3 is 26.0 Å². The molecule has 2 aromatic carbocycles. The van der Waals surface area contributed by atoms with Crippen LogP contribution in [0.15, 0.2) is 48.6 Å². The number of carbonyl (C=O) groups excluding carboxylic acids is 1. The number of hydrogen-bond donors (Lipinski definition) is 3. The summed E-state index contributed by atoms with van der Waals surface area (Å²) in [6.45, 7) is 5.91. The number of fused-ring (bicyclic) bond motifs is 1. The third-order valence-electron chi connectivity index (χ3n) is 6.13. The van der Waals surface area contributed by atoms with Crippen LogP contribution in [0.5, 0.6) is 5.75 Å². The number of likely N-dealkylation sites (tertiary alicyclic amines) is 1. The first-order chi connectivity index (χ1) is 16.9. The van der Waals surface area contributed by atoms with Gasteiger partial charge in [0.05, 0.1) is 18.9 Å². The van der Waals surface area contributed by atoms with E-state index in [4.69, 9.17) is 15.7 Å². The molecule has 35 heavy (non-hydrogen) atoms. The van der Waals surface area contributed by atoms with Gasteiger partial charge in [-0.25, -0.2) is 9.97 Å². The van der Waals surface area contributed by atoms with Gasteiger partial charge in [0.1, 0.15) is 17.3 Å². The molecule has 0 unspecified atom stereocenters. The zero-order valence-corrected chi connectivity index (χ0v) is 20.0. The van der Waals surface area contributed by atoms with E-state index < -0.39 is 0 Å². The standard InChI is InChI=1S/C26H29N7O2/c1-16(14-27)15-29-24-20-12-18(5-4-17(20)6-7-22(24)35-3)25-31-21(13-23(28)32-25)26(34)30-19-8-10-33(2)11-9-19/h4-7,12-13,19,29H,1,8-11,15H2,2-3H3,(H,30,34)(H2,28,31,32). The highest BCUT2D eigenvalue weighted by molar-refractivity contribution is 5.99. The number of ether oxygens (including phenoxy) is 1. The Hall–Kier alpha value is -4.16. The predicted molar refractivity (Wildman–Crippen MR) is 137 cm³/mol. The first-order valence-electron chi connectivity index (χ1n) is 11.4. The minimum Gasteiger partial charge on any atom is -0.495 e. The van der Waals surface area contributed by atoms with Crippen LogP contribution in [0.25, 0.3) is 22.2 Å². The number of nitrogen functional groups attached to an aromatic ring is 1. The average molecular weight is 472 g/mol. The van der Waals surface area contributed by atoms with Crippen LogP contribution < -0.4 is 21.1 Å². The number of amides is 1. The third kappa shape index (κ3) is 5.50. The Morgan fingerprint density at radius 3 is 2.71 bits per heavy atom. The number of nitriles is 1. The fourth-order valence-corrected chi connectivity index (χ4v) is 4.15. The first-order valence-corrected chi connectivity index (χ1v) is 11.4. The molecule has 4 rings (SSSR count). The quantitative estimate of drug-likeness (QED) is 0.448. The maximum Gasteiger partial charge on any atom is 0.270 e. The van der Waals surface area contributed by atoms with Crippen LogP contribution in [0.2, 0.25) is 0 Å². The highest BCUT2D eigenvalue weighted by atomic mass is 16.5.